The predicted octanol–water partition coefficient (Wildman–Crippen LogP) is 2.08. The number of fused-ring (bicyclic) bond motifs is 2. The summed E-state index contributed by atoms with van der Waals surface area (Å²) in [5.74, 6) is -0.223. The molecule has 0 radical (unpaired) electrons. The van der Waals surface area contributed by atoms with Crippen molar-refractivity contribution in [1.82, 2.24) is 20.1 Å². The Morgan fingerprint density at radius 1 is 1.26 bits per heavy atom. The summed E-state index contributed by atoms with van der Waals surface area (Å²) in [6, 6.07) is 8.65. The number of pyridine rings is 1. The zero-order chi connectivity index (χ0) is 21.4. The Balaban J connectivity index is 1.35. The van der Waals surface area contributed by atoms with Crippen molar-refractivity contribution < 1.29 is 18.7 Å². The number of ether oxygens (including phenoxy) is 1. The van der Waals surface area contributed by atoms with Crippen molar-refractivity contribution in [2.75, 3.05) is 38.1 Å². The van der Waals surface area contributed by atoms with E-state index in [9.17, 15) is 14.0 Å². The number of hydrogen-bond acceptors (Lipinski definition) is 5. The quantitative estimate of drug-likeness (QED) is 0.720. The monoisotopic (exact) mass is 425 g/mol. The van der Waals surface area contributed by atoms with E-state index in [-0.39, 0.29) is 24.5 Å². The normalized spacial score (nSPS) is 21.5. The van der Waals surface area contributed by atoms with Crippen LogP contribution in [0.5, 0.6) is 5.75 Å². The number of anilines is 1. The molecule has 1 aromatic heterocycles. The van der Waals surface area contributed by atoms with Crippen LogP contribution in [0.1, 0.15) is 12.8 Å². The van der Waals surface area contributed by atoms with E-state index < -0.39 is 5.95 Å². The molecule has 1 aromatic carbocycles. The van der Waals surface area contributed by atoms with Crippen molar-refractivity contribution in [3.63, 3.8) is 0 Å². The molecule has 3 heterocycles. The first-order chi connectivity index (χ1) is 15.1. The summed E-state index contributed by atoms with van der Waals surface area (Å²) in [6.45, 7) is 2.22. The average Bonchev–Trinajstić information content (AvgIpc) is 3.56. The molecule has 3 amide bonds. The zero-order valence-corrected chi connectivity index (χ0v) is 17.0. The van der Waals surface area contributed by atoms with E-state index in [1.165, 1.54) is 6.20 Å². The van der Waals surface area contributed by atoms with Gasteiger partial charge in [-0.3, -0.25) is 9.69 Å². The number of hydrogen-bond donors (Lipinski definition) is 2. The third-order valence-electron chi connectivity index (χ3n) is 5.90. The molecule has 0 spiro atoms. The van der Waals surface area contributed by atoms with E-state index in [1.807, 2.05) is 4.90 Å². The lowest BCUT2D eigenvalue weighted by molar-refractivity contribution is -0.118. The Morgan fingerprint density at radius 3 is 2.94 bits per heavy atom. The van der Waals surface area contributed by atoms with Crippen LogP contribution in [0.2, 0.25) is 0 Å². The number of nitrogens with one attached hydrogen (secondary N) is 2. The molecule has 1 saturated carbocycles. The van der Waals surface area contributed by atoms with Crippen molar-refractivity contribution in [2.45, 2.75) is 24.9 Å². The van der Waals surface area contributed by atoms with E-state index in [2.05, 4.69) is 15.6 Å². The number of urea groups is 1. The standard InChI is InChI=1S/C22H24FN5O3/c23-21-17(2-1-7-24-21)14-3-6-19-18(10-14)26-20(29)12-27-8-9-28(11-16(27)13-31-19)22(30)25-15-4-5-15/h1-3,6-7,10,15-16H,4-5,8-9,11-13H2,(H,25,30)(H,26,29)/t16-/m1/s1. The first-order valence-electron chi connectivity index (χ1n) is 10.5. The second-order valence-corrected chi connectivity index (χ2v) is 8.21. The van der Waals surface area contributed by atoms with Gasteiger partial charge in [-0.25, -0.2) is 9.78 Å². The lowest BCUT2D eigenvalue weighted by atomic mass is 10.1. The van der Waals surface area contributed by atoms with Crippen LogP contribution >= 0.6 is 0 Å². The van der Waals surface area contributed by atoms with Gasteiger partial charge in [-0.15, -0.1) is 0 Å². The molecule has 2 aliphatic heterocycles. The van der Waals surface area contributed by atoms with Gasteiger partial charge in [0.1, 0.15) is 12.4 Å². The SMILES string of the molecule is O=C1CN2CCN(C(=O)NC3CC3)C[C@@H]2COc2ccc(-c3cccnc3F)cc2N1. The highest BCUT2D eigenvalue weighted by atomic mass is 19.1. The van der Waals surface area contributed by atoms with E-state index in [0.29, 0.717) is 54.8 Å². The molecule has 31 heavy (non-hydrogen) atoms. The summed E-state index contributed by atoms with van der Waals surface area (Å²) >= 11 is 0. The molecule has 8 nitrogen and oxygen atoms in total. The topological polar surface area (TPSA) is 86.8 Å². The highest BCUT2D eigenvalue weighted by Crippen LogP contribution is 2.32. The van der Waals surface area contributed by atoms with Gasteiger partial charge >= 0.3 is 6.03 Å². The van der Waals surface area contributed by atoms with Gasteiger partial charge in [0.2, 0.25) is 11.9 Å². The number of carbonyl (C=O) groups excluding carboxylic acids is 2. The summed E-state index contributed by atoms with van der Waals surface area (Å²) in [5, 5.41) is 5.91. The van der Waals surface area contributed by atoms with Crippen LogP contribution in [0, 0.1) is 5.95 Å². The molecule has 3 aliphatic rings. The Morgan fingerprint density at radius 2 is 2.13 bits per heavy atom. The van der Waals surface area contributed by atoms with Crippen LogP contribution < -0.4 is 15.4 Å². The summed E-state index contributed by atoms with van der Waals surface area (Å²) < 4.78 is 20.2. The fraction of sp³-hybridized carbons (Fsp3) is 0.409. The predicted molar refractivity (Wildman–Crippen MR) is 112 cm³/mol. The maximum Gasteiger partial charge on any atom is 0.317 e. The number of carbonyl (C=O) groups is 2. The molecule has 0 unspecified atom stereocenters. The summed E-state index contributed by atoms with van der Waals surface area (Å²) in [5.41, 5.74) is 1.45. The molecule has 2 fully saturated rings. The minimum absolute atomic E-state index is 0.0463. The van der Waals surface area contributed by atoms with E-state index >= 15 is 0 Å². The second-order valence-electron chi connectivity index (χ2n) is 8.21. The molecule has 1 saturated heterocycles. The Kier molecular flexibility index (Phi) is 5.19. The van der Waals surface area contributed by atoms with Gasteiger partial charge in [0.15, 0.2) is 0 Å². The van der Waals surface area contributed by atoms with Gasteiger partial charge < -0.3 is 20.3 Å². The lowest BCUT2D eigenvalue weighted by Crippen LogP contribution is -2.59. The minimum atomic E-state index is -0.570. The average molecular weight is 425 g/mol. The van der Waals surface area contributed by atoms with Crippen molar-refractivity contribution in [2.24, 2.45) is 0 Å². The fourth-order valence-electron chi connectivity index (χ4n) is 4.02. The third-order valence-corrected chi connectivity index (χ3v) is 5.90. The third kappa shape index (κ3) is 4.32. The van der Waals surface area contributed by atoms with Crippen LogP contribution in [0.4, 0.5) is 14.9 Å². The Bertz CT molecular complexity index is 1010. The first-order valence-corrected chi connectivity index (χ1v) is 10.5. The van der Waals surface area contributed by atoms with E-state index in [1.54, 1.807) is 35.2 Å². The molecule has 2 N–H and O–H groups in total. The molecule has 5 rings (SSSR count). The molecule has 0 bridgehead atoms. The van der Waals surface area contributed by atoms with E-state index in [0.717, 1.165) is 12.8 Å². The molecule has 1 atom stereocenters. The fourth-order valence-corrected chi connectivity index (χ4v) is 4.02. The highest BCUT2D eigenvalue weighted by Gasteiger charge is 2.34. The van der Waals surface area contributed by atoms with Gasteiger partial charge in [0.25, 0.3) is 0 Å². The number of nitrogens with zero attached hydrogens (tertiary/aromatic N) is 3. The minimum Gasteiger partial charge on any atom is -0.490 e. The van der Waals surface area contributed by atoms with Crippen molar-refractivity contribution in [1.29, 1.82) is 0 Å². The van der Waals surface area contributed by atoms with Crippen LogP contribution in [-0.4, -0.2) is 71.6 Å². The number of aromatic nitrogens is 1. The number of amides is 3. The second kappa shape index (κ2) is 8.14. The zero-order valence-electron chi connectivity index (χ0n) is 17.0. The first kappa shape index (κ1) is 19.7. The largest absolute Gasteiger partial charge is 0.490 e. The van der Waals surface area contributed by atoms with Crippen molar-refractivity contribution >= 4 is 17.6 Å². The number of rotatable bonds is 2. The van der Waals surface area contributed by atoms with Crippen LogP contribution in [0.15, 0.2) is 36.5 Å². The van der Waals surface area contributed by atoms with Crippen molar-refractivity contribution in [3.8, 4) is 16.9 Å². The van der Waals surface area contributed by atoms with Gasteiger partial charge in [0.05, 0.1) is 18.3 Å². The van der Waals surface area contributed by atoms with Crippen LogP contribution in [0.3, 0.4) is 0 Å². The summed E-state index contributed by atoms with van der Waals surface area (Å²) in [6.07, 6.45) is 3.48. The van der Waals surface area contributed by atoms with Crippen molar-refractivity contribution in [3.05, 3.63) is 42.5 Å². The lowest BCUT2D eigenvalue weighted by Gasteiger charge is -2.40. The Hall–Kier alpha value is -3.20. The van der Waals surface area contributed by atoms with Gasteiger partial charge in [-0.2, -0.15) is 4.39 Å². The van der Waals surface area contributed by atoms with Gasteiger partial charge in [-0.05, 0) is 42.7 Å². The number of piperazine rings is 1. The number of benzene rings is 1. The maximum atomic E-state index is 14.1. The highest BCUT2D eigenvalue weighted by molar-refractivity contribution is 5.94. The van der Waals surface area contributed by atoms with E-state index in [4.69, 9.17) is 4.74 Å². The summed E-state index contributed by atoms with van der Waals surface area (Å²) in [4.78, 5) is 32.7. The summed E-state index contributed by atoms with van der Waals surface area (Å²) in [7, 11) is 0. The molecule has 9 heteroatoms. The smallest absolute Gasteiger partial charge is 0.317 e. The molecule has 1 aliphatic carbocycles. The number of halogens is 1. The van der Waals surface area contributed by atoms with Gasteiger partial charge in [-0.1, -0.05) is 6.07 Å². The van der Waals surface area contributed by atoms with Gasteiger partial charge in [0, 0.05) is 37.4 Å². The molecule has 2 aromatic rings. The van der Waals surface area contributed by atoms with Crippen LogP contribution in [0.25, 0.3) is 11.1 Å². The molecular weight excluding hydrogens is 401 g/mol. The van der Waals surface area contributed by atoms with Crippen LogP contribution in [-0.2, 0) is 4.79 Å². The Labute approximate surface area is 179 Å². The maximum absolute atomic E-state index is 14.1. The molecular formula is C22H24FN5O3. The molecule has 162 valence electrons.